The topological polar surface area (TPSA) is 75.3 Å². The average Bonchev–Trinajstić information content (AvgIpc) is 2.90. The Hall–Kier alpha value is -1.50. The van der Waals surface area contributed by atoms with E-state index in [1.165, 1.54) is 11.8 Å². The van der Waals surface area contributed by atoms with Crippen molar-refractivity contribution in [2.24, 2.45) is 11.8 Å². The lowest BCUT2D eigenvalue weighted by molar-refractivity contribution is 0.0270. The maximum Gasteiger partial charge on any atom is 0.410 e. The van der Waals surface area contributed by atoms with Gasteiger partial charge < -0.3 is 14.6 Å². The van der Waals surface area contributed by atoms with Gasteiger partial charge in [-0.1, -0.05) is 11.8 Å². The van der Waals surface area contributed by atoms with Crippen molar-refractivity contribution in [1.82, 2.24) is 14.9 Å². The number of hydrogen-bond acceptors (Lipinski definition) is 5. The summed E-state index contributed by atoms with van der Waals surface area (Å²) in [6, 6.07) is 1.58. The number of fused-ring (bicyclic) bond motifs is 1. The van der Waals surface area contributed by atoms with Crippen molar-refractivity contribution in [3.8, 4) is 0 Å². The molecule has 2 aliphatic rings. The molecule has 1 aliphatic carbocycles. The molecule has 1 saturated carbocycles. The second kappa shape index (κ2) is 5.30. The van der Waals surface area contributed by atoms with Crippen LogP contribution in [0.25, 0.3) is 0 Å². The van der Waals surface area contributed by atoms with Gasteiger partial charge >= 0.3 is 6.09 Å². The Morgan fingerprint density at radius 2 is 2.05 bits per heavy atom. The summed E-state index contributed by atoms with van der Waals surface area (Å²) in [5.41, 5.74) is 0.278. The summed E-state index contributed by atoms with van der Waals surface area (Å²) >= 11 is 1.43. The van der Waals surface area contributed by atoms with Gasteiger partial charge in [-0.2, -0.15) is 0 Å². The van der Waals surface area contributed by atoms with Crippen LogP contribution in [0.4, 0.5) is 4.79 Å². The monoisotopic (exact) mass is 323 g/mol. The zero-order valence-electron chi connectivity index (χ0n) is 13.3. The van der Waals surface area contributed by atoms with Gasteiger partial charge in [0.2, 0.25) is 0 Å². The van der Waals surface area contributed by atoms with Gasteiger partial charge in [-0.05, 0) is 38.9 Å². The molecule has 1 aromatic heterocycles. The van der Waals surface area contributed by atoms with Gasteiger partial charge in [-0.15, -0.1) is 0 Å². The highest BCUT2D eigenvalue weighted by atomic mass is 32.2. The average molecular weight is 323 g/mol. The lowest BCUT2D eigenvalue weighted by Gasteiger charge is -2.25. The van der Waals surface area contributed by atoms with Gasteiger partial charge in [0.15, 0.2) is 5.16 Å². The van der Waals surface area contributed by atoms with Crippen LogP contribution in [-0.4, -0.2) is 45.9 Å². The van der Waals surface area contributed by atoms with E-state index in [0.29, 0.717) is 36.0 Å². The molecule has 0 radical (unpaired) electrons. The Kier molecular flexibility index (Phi) is 3.71. The van der Waals surface area contributed by atoms with Crippen molar-refractivity contribution in [3.63, 3.8) is 0 Å². The third kappa shape index (κ3) is 2.99. The fourth-order valence-electron chi connectivity index (χ4n) is 3.16. The first-order chi connectivity index (χ1) is 10.3. The first-order valence-electron chi connectivity index (χ1n) is 7.41. The van der Waals surface area contributed by atoms with Crippen LogP contribution in [0.2, 0.25) is 0 Å². The van der Waals surface area contributed by atoms with Crippen LogP contribution in [0.5, 0.6) is 0 Å². The molecule has 0 bridgehead atoms. The van der Waals surface area contributed by atoms with Crippen LogP contribution >= 0.6 is 11.8 Å². The number of H-pyrrole nitrogens is 1. The number of piperidine rings is 1. The molecule has 3 rings (SSSR count). The first-order valence-corrected chi connectivity index (χ1v) is 8.64. The van der Waals surface area contributed by atoms with Gasteiger partial charge in [-0.25, -0.2) is 9.78 Å². The van der Waals surface area contributed by atoms with Gasteiger partial charge in [0.25, 0.3) is 5.56 Å². The summed E-state index contributed by atoms with van der Waals surface area (Å²) < 4.78 is 5.40. The lowest BCUT2D eigenvalue weighted by atomic mass is 10.2. The number of thioether (sulfide) groups is 1. The zero-order chi connectivity index (χ0) is 16.1. The predicted octanol–water partition coefficient (Wildman–Crippen LogP) is 2.07. The van der Waals surface area contributed by atoms with E-state index >= 15 is 0 Å². The molecule has 7 heteroatoms. The number of hydrogen-bond donors (Lipinski definition) is 1. The summed E-state index contributed by atoms with van der Waals surface area (Å²) in [7, 11) is 0. The molecule has 2 fully saturated rings. The minimum absolute atomic E-state index is 0.108. The van der Waals surface area contributed by atoms with E-state index in [-0.39, 0.29) is 11.7 Å². The third-order valence-electron chi connectivity index (χ3n) is 4.12. The Bertz CT molecular complexity index is 640. The number of aromatic nitrogens is 2. The number of likely N-dealkylation sites (tertiary alicyclic amines) is 1. The Balaban J connectivity index is 1.65. The molecular weight excluding hydrogens is 302 g/mol. The maximum atomic E-state index is 12.1. The van der Waals surface area contributed by atoms with Crippen LogP contribution in [0.3, 0.4) is 0 Å². The molecular formula is C15H21N3O3S. The van der Waals surface area contributed by atoms with Crippen molar-refractivity contribution < 1.29 is 9.53 Å². The molecule has 1 aliphatic heterocycles. The van der Waals surface area contributed by atoms with E-state index in [9.17, 15) is 9.59 Å². The minimum atomic E-state index is -0.467. The van der Waals surface area contributed by atoms with Crippen LogP contribution in [0.15, 0.2) is 16.0 Å². The molecule has 22 heavy (non-hydrogen) atoms. The van der Waals surface area contributed by atoms with Gasteiger partial charge in [0, 0.05) is 25.1 Å². The minimum Gasteiger partial charge on any atom is -0.444 e. The fourth-order valence-corrected chi connectivity index (χ4v) is 3.56. The summed E-state index contributed by atoms with van der Waals surface area (Å²) in [4.78, 5) is 32.7. The second-order valence-corrected chi connectivity index (χ2v) is 7.71. The van der Waals surface area contributed by atoms with Crippen molar-refractivity contribution >= 4 is 17.9 Å². The van der Waals surface area contributed by atoms with Crippen LogP contribution in [0, 0.1) is 11.8 Å². The normalized spacial score (nSPS) is 26.7. The highest BCUT2D eigenvalue weighted by Crippen LogP contribution is 2.57. The number of nitrogens with one attached hydrogen (secondary N) is 1. The molecule has 120 valence electrons. The number of ether oxygens (including phenoxy) is 1. The lowest BCUT2D eigenvalue weighted by Crippen LogP contribution is -2.37. The maximum absolute atomic E-state index is 12.1. The Morgan fingerprint density at radius 1 is 1.41 bits per heavy atom. The smallest absolute Gasteiger partial charge is 0.410 e. The number of amides is 1. The standard InChI is InChI=1S/C15H21N3O3S/c1-15(2,3)21-14(20)18-6-8-9(7-18)12(8)10-5-11(19)17-13(16-10)22-4/h5,8-9,12H,6-7H2,1-4H3,(H,16,17,19)/t8-,9+,12?. The molecule has 1 N–H and O–H groups in total. The largest absolute Gasteiger partial charge is 0.444 e. The quantitative estimate of drug-likeness (QED) is 0.666. The van der Waals surface area contributed by atoms with Crippen molar-refractivity contribution in [1.29, 1.82) is 0 Å². The predicted molar refractivity (Wildman–Crippen MR) is 84.2 cm³/mol. The number of aromatic amines is 1. The fraction of sp³-hybridized carbons (Fsp3) is 0.667. The molecule has 0 aromatic carbocycles. The van der Waals surface area contributed by atoms with E-state index < -0.39 is 5.60 Å². The van der Waals surface area contributed by atoms with E-state index in [1.54, 1.807) is 11.0 Å². The molecule has 1 amide bonds. The Morgan fingerprint density at radius 3 is 2.59 bits per heavy atom. The first kappa shape index (κ1) is 15.4. The van der Waals surface area contributed by atoms with Crippen LogP contribution < -0.4 is 5.56 Å². The number of carbonyl (C=O) groups is 1. The van der Waals surface area contributed by atoms with Crippen molar-refractivity contribution in [3.05, 3.63) is 22.1 Å². The number of rotatable bonds is 2. The summed E-state index contributed by atoms with van der Waals surface area (Å²) in [5, 5.41) is 0.650. The van der Waals surface area contributed by atoms with E-state index in [2.05, 4.69) is 9.97 Å². The second-order valence-electron chi connectivity index (χ2n) is 6.92. The van der Waals surface area contributed by atoms with Crippen molar-refractivity contribution in [2.45, 2.75) is 37.4 Å². The molecule has 1 unspecified atom stereocenters. The molecule has 1 aromatic rings. The van der Waals surface area contributed by atoms with E-state index in [1.807, 2.05) is 27.0 Å². The van der Waals surface area contributed by atoms with Crippen molar-refractivity contribution in [2.75, 3.05) is 19.3 Å². The SMILES string of the molecule is CSc1nc(C2[C@H]3CN(C(=O)OC(C)(C)C)C[C@@H]23)cc(=O)[nH]1. The van der Waals surface area contributed by atoms with E-state index in [0.717, 1.165) is 5.69 Å². The molecule has 2 heterocycles. The number of nitrogens with zero attached hydrogens (tertiary/aromatic N) is 2. The molecule has 0 spiro atoms. The van der Waals surface area contributed by atoms with E-state index in [4.69, 9.17) is 4.74 Å². The highest BCUT2D eigenvalue weighted by Gasteiger charge is 2.58. The Labute approximate surface area is 133 Å². The third-order valence-corrected chi connectivity index (χ3v) is 4.70. The summed E-state index contributed by atoms with van der Waals surface area (Å²) in [6.45, 7) is 6.98. The van der Waals surface area contributed by atoms with Crippen LogP contribution in [-0.2, 0) is 4.74 Å². The van der Waals surface area contributed by atoms with Gasteiger partial charge in [-0.3, -0.25) is 4.79 Å². The van der Waals surface area contributed by atoms with Gasteiger partial charge in [0.05, 0.1) is 5.69 Å². The molecule has 1 saturated heterocycles. The molecule has 3 atom stereocenters. The zero-order valence-corrected chi connectivity index (χ0v) is 14.1. The highest BCUT2D eigenvalue weighted by molar-refractivity contribution is 7.98. The molecule has 6 nitrogen and oxygen atoms in total. The summed E-state index contributed by atoms with van der Waals surface area (Å²) in [5.74, 6) is 1.10. The summed E-state index contributed by atoms with van der Waals surface area (Å²) in [6.07, 6.45) is 1.64. The van der Waals surface area contributed by atoms with Crippen LogP contribution in [0.1, 0.15) is 32.4 Å². The van der Waals surface area contributed by atoms with Gasteiger partial charge in [0.1, 0.15) is 5.60 Å². The number of carbonyl (C=O) groups excluding carboxylic acids is 1.